The highest BCUT2D eigenvalue weighted by molar-refractivity contribution is 6.30. The average molecular weight is 264 g/mol. The molecule has 0 saturated carbocycles. The lowest BCUT2D eigenvalue weighted by atomic mass is 10.2. The molecule has 0 saturated heterocycles. The topological polar surface area (TPSA) is 61.0 Å². The number of hydrogen-bond donors (Lipinski definition) is 1. The number of nitrogens with two attached hydrogens (primary N) is 1. The Labute approximate surface area is 111 Å². The van der Waals surface area contributed by atoms with Gasteiger partial charge in [0.05, 0.1) is 0 Å². The zero-order valence-corrected chi connectivity index (χ0v) is 11.0. The number of rotatable bonds is 3. The SMILES string of the molecule is Cc1cc(C)nc(Oc2cc(Cl)ccc2CN)n1. The molecule has 1 aromatic carbocycles. The number of halogens is 1. The van der Waals surface area contributed by atoms with E-state index in [4.69, 9.17) is 22.1 Å². The van der Waals surface area contributed by atoms with E-state index in [-0.39, 0.29) is 0 Å². The number of hydrogen-bond acceptors (Lipinski definition) is 4. The van der Waals surface area contributed by atoms with Gasteiger partial charge in [-0.2, -0.15) is 0 Å². The maximum Gasteiger partial charge on any atom is 0.322 e. The highest BCUT2D eigenvalue weighted by Gasteiger charge is 2.07. The number of aromatic nitrogens is 2. The third kappa shape index (κ3) is 2.97. The third-order valence-corrected chi connectivity index (χ3v) is 2.65. The largest absolute Gasteiger partial charge is 0.424 e. The summed E-state index contributed by atoms with van der Waals surface area (Å²) in [4.78, 5) is 8.43. The minimum atomic E-state index is 0.310. The van der Waals surface area contributed by atoms with E-state index in [0.29, 0.717) is 23.3 Å². The predicted molar refractivity (Wildman–Crippen MR) is 70.9 cm³/mol. The summed E-state index contributed by atoms with van der Waals surface area (Å²) in [6, 6.07) is 7.52. The Morgan fingerprint density at radius 1 is 1.17 bits per heavy atom. The van der Waals surface area contributed by atoms with E-state index in [0.717, 1.165) is 17.0 Å². The molecule has 0 aliphatic carbocycles. The Bertz CT molecular complexity index is 552. The van der Waals surface area contributed by atoms with E-state index >= 15 is 0 Å². The monoisotopic (exact) mass is 263 g/mol. The maximum absolute atomic E-state index is 5.94. The summed E-state index contributed by atoms with van der Waals surface area (Å²) in [5.74, 6) is 0.593. The van der Waals surface area contributed by atoms with E-state index in [1.165, 1.54) is 0 Å². The molecule has 0 aliphatic heterocycles. The molecule has 18 heavy (non-hydrogen) atoms. The molecule has 4 nitrogen and oxygen atoms in total. The van der Waals surface area contributed by atoms with Crippen LogP contribution in [0, 0.1) is 13.8 Å². The molecule has 2 aromatic rings. The van der Waals surface area contributed by atoms with Crippen molar-refractivity contribution in [2.75, 3.05) is 0 Å². The number of ether oxygens (including phenoxy) is 1. The summed E-state index contributed by atoms with van der Waals surface area (Å²) in [6.07, 6.45) is 0. The minimum absolute atomic E-state index is 0.310. The predicted octanol–water partition coefficient (Wildman–Crippen LogP) is 3.00. The molecule has 0 radical (unpaired) electrons. The fourth-order valence-corrected chi connectivity index (χ4v) is 1.79. The Balaban J connectivity index is 2.35. The molecule has 0 spiro atoms. The summed E-state index contributed by atoms with van der Waals surface area (Å²) in [5, 5.41) is 0.589. The molecule has 5 heteroatoms. The molecule has 0 bridgehead atoms. The summed E-state index contributed by atoms with van der Waals surface area (Å²) in [5.41, 5.74) is 8.22. The van der Waals surface area contributed by atoms with E-state index in [1.54, 1.807) is 12.1 Å². The molecule has 1 heterocycles. The second kappa shape index (κ2) is 5.33. The van der Waals surface area contributed by atoms with Crippen molar-refractivity contribution in [3.8, 4) is 11.8 Å². The zero-order chi connectivity index (χ0) is 13.1. The van der Waals surface area contributed by atoms with Crippen LogP contribution in [-0.2, 0) is 6.54 Å². The van der Waals surface area contributed by atoms with Crippen molar-refractivity contribution in [3.05, 3.63) is 46.2 Å². The molecule has 0 aliphatic rings. The number of benzene rings is 1. The van der Waals surface area contributed by atoms with Gasteiger partial charge < -0.3 is 10.5 Å². The van der Waals surface area contributed by atoms with Crippen LogP contribution in [0.4, 0.5) is 0 Å². The fourth-order valence-electron chi connectivity index (χ4n) is 1.63. The third-order valence-electron chi connectivity index (χ3n) is 2.41. The summed E-state index contributed by atoms with van der Waals surface area (Å²) < 4.78 is 5.66. The molecule has 94 valence electrons. The molecule has 0 unspecified atom stereocenters. The second-order valence-electron chi connectivity index (χ2n) is 3.99. The van der Waals surface area contributed by atoms with Crippen LogP contribution in [0.5, 0.6) is 11.8 Å². The van der Waals surface area contributed by atoms with Gasteiger partial charge in [-0.15, -0.1) is 0 Å². The van der Waals surface area contributed by atoms with Crippen molar-refractivity contribution < 1.29 is 4.74 Å². The first-order valence-corrected chi connectivity index (χ1v) is 5.95. The van der Waals surface area contributed by atoms with E-state index < -0.39 is 0 Å². The lowest BCUT2D eigenvalue weighted by molar-refractivity contribution is 0.434. The van der Waals surface area contributed by atoms with Crippen LogP contribution in [-0.4, -0.2) is 9.97 Å². The van der Waals surface area contributed by atoms with Crippen LogP contribution >= 0.6 is 11.6 Å². The Morgan fingerprint density at radius 3 is 2.44 bits per heavy atom. The van der Waals surface area contributed by atoms with E-state index in [1.807, 2.05) is 26.0 Å². The maximum atomic E-state index is 5.94. The quantitative estimate of drug-likeness (QED) is 0.925. The molecule has 2 N–H and O–H groups in total. The van der Waals surface area contributed by atoms with Crippen LogP contribution in [0.25, 0.3) is 0 Å². The van der Waals surface area contributed by atoms with Gasteiger partial charge in [-0.1, -0.05) is 17.7 Å². The summed E-state index contributed by atoms with van der Waals surface area (Å²) in [7, 11) is 0. The smallest absolute Gasteiger partial charge is 0.322 e. The van der Waals surface area contributed by atoms with Crippen LogP contribution in [0.15, 0.2) is 24.3 Å². The summed E-state index contributed by atoms with van der Waals surface area (Å²) >= 11 is 5.94. The molecule has 0 fully saturated rings. The van der Waals surface area contributed by atoms with Gasteiger partial charge in [0.1, 0.15) is 5.75 Å². The van der Waals surface area contributed by atoms with Crippen LogP contribution in [0.3, 0.4) is 0 Å². The highest BCUT2D eigenvalue weighted by atomic mass is 35.5. The Hall–Kier alpha value is -1.65. The fraction of sp³-hybridized carbons (Fsp3) is 0.231. The Morgan fingerprint density at radius 2 is 1.83 bits per heavy atom. The average Bonchev–Trinajstić information content (AvgIpc) is 2.27. The molecule has 0 atom stereocenters. The van der Waals surface area contributed by atoms with E-state index in [9.17, 15) is 0 Å². The van der Waals surface area contributed by atoms with Crippen molar-refractivity contribution in [1.29, 1.82) is 0 Å². The molecule has 0 amide bonds. The first-order chi connectivity index (χ1) is 8.58. The van der Waals surface area contributed by atoms with Gasteiger partial charge in [-0.3, -0.25) is 0 Å². The summed E-state index contributed by atoms with van der Waals surface area (Å²) in [6.45, 7) is 4.16. The van der Waals surface area contributed by atoms with Crippen molar-refractivity contribution in [2.45, 2.75) is 20.4 Å². The molecule has 1 aromatic heterocycles. The standard InChI is InChI=1S/C13H14ClN3O/c1-8-5-9(2)17-13(16-8)18-12-6-11(14)4-3-10(12)7-15/h3-6H,7,15H2,1-2H3. The van der Waals surface area contributed by atoms with Crippen LogP contribution in [0.2, 0.25) is 5.02 Å². The number of nitrogens with zero attached hydrogens (tertiary/aromatic N) is 2. The Kier molecular flexibility index (Phi) is 3.79. The molecular formula is C13H14ClN3O. The lowest BCUT2D eigenvalue weighted by Gasteiger charge is -2.09. The minimum Gasteiger partial charge on any atom is -0.424 e. The molecular weight excluding hydrogens is 250 g/mol. The van der Waals surface area contributed by atoms with Crippen molar-refractivity contribution in [1.82, 2.24) is 9.97 Å². The van der Waals surface area contributed by atoms with Gasteiger partial charge in [0.15, 0.2) is 0 Å². The second-order valence-corrected chi connectivity index (χ2v) is 4.43. The normalized spacial score (nSPS) is 10.4. The van der Waals surface area contributed by atoms with Gasteiger partial charge in [0, 0.05) is 28.5 Å². The van der Waals surface area contributed by atoms with Crippen molar-refractivity contribution >= 4 is 11.6 Å². The number of aryl methyl sites for hydroxylation is 2. The van der Waals surface area contributed by atoms with Gasteiger partial charge in [0.25, 0.3) is 0 Å². The van der Waals surface area contributed by atoms with Gasteiger partial charge in [-0.05, 0) is 32.0 Å². The lowest BCUT2D eigenvalue weighted by Crippen LogP contribution is -2.01. The van der Waals surface area contributed by atoms with Crippen molar-refractivity contribution in [2.24, 2.45) is 5.73 Å². The zero-order valence-electron chi connectivity index (χ0n) is 10.3. The van der Waals surface area contributed by atoms with E-state index in [2.05, 4.69) is 9.97 Å². The van der Waals surface area contributed by atoms with Crippen LogP contribution < -0.4 is 10.5 Å². The van der Waals surface area contributed by atoms with Gasteiger partial charge in [-0.25, -0.2) is 9.97 Å². The highest BCUT2D eigenvalue weighted by Crippen LogP contribution is 2.26. The first kappa shape index (κ1) is 12.8. The van der Waals surface area contributed by atoms with Crippen molar-refractivity contribution in [3.63, 3.8) is 0 Å². The van der Waals surface area contributed by atoms with Gasteiger partial charge in [0.2, 0.25) is 0 Å². The molecule has 2 rings (SSSR count). The van der Waals surface area contributed by atoms with Gasteiger partial charge >= 0.3 is 6.01 Å². The first-order valence-electron chi connectivity index (χ1n) is 5.57. The van der Waals surface area contributed by atoms with Crippen LogP contribution in [0.1, 0.15) is 17.0 Å².